The van der Waals surface area contributed by atoms with Crippen molar-refractivity contribution in [3.05, 3.63) is 0 Å². The summed E-state index contributed by atoms with van der Waals surface area (Å²) in [4.78, 5) is 2.79. The molecule has 0 radical (unpaired) electrons. The summed E-state index contributed by atoms with van der Waals surface area (Å²) in [6.45, 7) is 11.8. The van der Waals surface area contributed by atoms with Gasteiger partial charge in [0.15, 0.2) is 0 Å². The zero-order chi connectivity index (χ0) is 11.8. The van der Waals surface area contributed by atoms with Crippen LogP contribution in [0.1, 0.15) is 53.4 Å². The van der Waals surface area contributed by atoms with Crippen LogP contribution in [0.2, 0.25) is 0 Å². The van der Waals surface area contributed by atoms with Crippen LogP contribution in [-0.4, -0.2) is 35.6 Å². The average Bonchev–Trinajstić information content (AvgIpc) is 3.00. The van der Waals surface area contributed by atoms with E-state index in [2.05, 4.69) is 37.9 Å². The molecule has 1 N–H and O–H groups in total. The summed E-state index contributed by atoms with van der Waals surface area (Å²) in [5.74, 6) is 0.989. The highest BCUT2D eigenvalue weighted by atomic mass is 15.3. The van der Waals surface area contributed by atoms with Gasteiger partial charge in [-0.15, -0.1) is 0 Å². The van der Waals surface area contributed by atoms with Gasteiger partial charge in [0.25, 0.3) is 0 Å². The van der Waals surface area contributed by atoms with Gasteiger partial charge in [0.05, 0.1) is 0 Å². The molecule has 2 atom stereocenters. The molecular weight excluding hydrogens is 196 g/mol. The minimum atomic E-state index is 0.299. The van der Waals surface area contributed by atoms with Gasteiger partial charge < -0.3 is 5.32 Å². The first kappa shape index (κ1) is 12.4. The summed E-state index contributed by atoms with van der Waals surface area (Å²) in [7, 11) is 0. The van der Waals surface area contributed by atoms with Gasteiger partial charge in [-0.05, 0) is 46.0 Å². The fraction of sp³-hybridized carbons (Fsp3) is 1.00. The Kier molecular flexibility index (Phi) is 3.60. The van der Waals surface area contributed by atoms with Crippen LogP contribution in [0.4, 0.5) is 0 Å². The Bertz CT molecular complexity index is 233. The molecule has 16 heavy (non-hydrogen) atoms. The lowest BCUT2D eigenvalue weighted by atomic mass is 9.94. The van der Waals surface area contributed by atoms with Gasteiger partial charge in [0, 0.05) is 30.7 Å². The van der Waals surface area contributed by atoms with Crippen LogP contribution < -0.4 is 5.32 Å². The van der Waals surface area contributed by atoms with Crippen LogP contribution in [0.3, 0.4) is 0 Å². The van der Waals surface area contributed by atoms with Gasteiger partial charge in [0.2, 0.25) is 0 Å². The lowest BCUT2D eigenvalue weighted by Crippen LogP contribution is -2.64. The SMILES string of the molecule is CCCC(C)N1CC(C)(C)NCC1C1CC1. The Balaban J connectivity index is 2.01. The van der Waals surface area contributed by atoms with Gasteiger partial charge in [-0.1, -0.05) is 13.3 Å². The molecule has 2 nitrogen and oxygen atoms in total. The maximum Gasteiger partial charge on any atom is 0.0253 e. The molecule has 1 aliphatic heterocycles. The van der Waals surface area contributed by atoms with E-state index in [0.29, 0.717) is 5.54 Å². The van der Waals surface area contributed by atoms with E-state index in [1.165, 1.54) is 38.8 Å². The van der Waals surface area contributed by atoms with Crippen molar-refractivity contribution < 1.29 is 0 Å². The van der Waals surface area contributed by atoms with Crippen LogP contribution in [-0.2, 0) is 0 Å². The number of piperazine rings is 1. The summed E-state index contributed by atoms with van der Waals surface area (Å²) in [5.41, 5.74) is 0.299. The minimum Gasteiger partial charge on any atom is -0.309 e. The van der Waals surface area contributed by atoms with Crippen LogP contribution >= 0.6 is 0 Å². The predicted molar refractivity (Wildman–Crippen MR) is 69.7 cm³/mol. The lowest BCUT2D eigenvalue weighted by molar-refractivity contribution is 0.0460. The molecule has 2 aliphatic rings. The first-order valence-electron chi connectivity index (χ1n) is 7.04. The van der Waals surface area contributed by atoms with Crippen molar-refractivity contribution in [1.82, 2.24) is 10.2 Å². The molecule has 2 unspecified atom stereocenters. The molecule has 0 bridgehead atoms. The van der Waals surface area contributed by atoms with Crippen molar-refractivity contribution in [2.75, 3.05) is 13.1 Å². The quantitative estimate of drug-likeness (QED) is 0.790. The molecule has 2 heteroatoms. The second kappa shape index (κ2) is 4.66. The van der Waals surface area contributed by atoms with Gasteiger partial charge in [-0.2, -0.15) is 0 Å². The fourth-order valence-electron chi connectivity index (χ4n) is 3.11. The highest BCUT2D eigenvalue weighted by Crippen LogP contribution is 2.38. The summed E-state index contributed by atoms with van der Waals surface area (Å²) in [6, 6.07) is 1.58. The van der Waals surface area contributed by atoms with Crippen molar-refractivity contribution in [1.29, 1.82) is 0 Å². The molecule has 2 fully saturated rings. The molecule has 0 aromatic heterocycles. The summed E-state index contributed by atoms with van der Waals surface area (Å²) in [6.07, 6.45) is 5.58. The van der Waals surface area contributed by atoms with Crippen molar-refractivity contribution in [2.45, 2.75) is 71.0 Å². The van der Waals surface area contributed by atoms with E-state index >= 15 is 0 Å². The normalized spacial score (nSPS) is 32.6. The van der Waals surface area contributed by atoms with Crippen LogP contribution in [0.25, 0.3) is 0 Å². The second-order valence-corrected chi connectivity index (χ2v) is 6.48. The smallest absolute Gasteiger partial charge is 0.0253 e. The standard InChI is InChI=1S/C14H28N2/c1-5-6-11(2)16-10-14(3,4)15-9-13(16)12-7-8-12/h11-13,15H,5-10H2,1-4H3. The summed E-state index contributed by atoms with van der Waals surface area (Å²) in [5, 5.41) is 3.72. The molecule has 94 valence electrons. The first-order valence-corrected chi connectivity index (χ1v) is 7.04. The fourth-order valence-corrected chi connectivity index (χ4v) is 3.11. The number of rotatable bonds is 4. The monoisotopic (exact) mass is 224 g/mol. The van der Waals surface area contributed by atoms with Crippen LogP contribution in [0.5, 0.6) is 0 Å². The predicted octanol–water partition coefficient (Wildman–Crippen LogP) is 2.64. The van der Waals surface area contributed by atoms with Gasteiger partial charge in [0.1, 0.15) is 0 Å². The highest BCUT2D eigenvalue weighted by Gasteiger charge is 2.42. The van der Waals surface area contributed by atoms with Crippen molar-refractivity contribution in [2.24, 2.45) is 5.92 Å². The molecule has 0 aromatic rings. The average molecular weight is 224 g/mol. The summed E-state index contributed by atoms with van der Waals surface area (Å²) < 4.78 is 0. The number of hydrogen-bond donors (Lipinski definition) is 1. The van der Waals surface area contributed by atoms with E-state index in [9.17, 15) is 0 Å². The Hall–Kier alpha value is -0.0800. The number of nitrogens with zero attached hydrogens (tertiary/aromatic N) is 1. The second-order valence-electron chi connectivity index (χ2n) is 6.48. The third-order valence-corrected chi connectivity index (χ3v) is 4.23. The van der Waals surface area contributed by atoms with Crippen molar-refractivity contribution in [3.8, 4) is 0 Å². The van der Waals surface area contributed by atoms with Gasteiger partial charge in [-0.25, -0.2) is 0 Å². The van der Waals surface area contributed by atoms with Crippen molar-refractivity contribution >= 4 is 0 Å². The number of hydrogen-bond acceptors (Lipinski definition) is 2. The molecular formula is C14H28N2. The molecule has 1 aliphatic carbocycles. The van der Waals surface area contributed by atoms with Crippen LogP contribution in [0.15, 0.2) is 0 Å². The molecule has 1 heterocycles. The zero-order valence-corrected chi connectivity index (χ0v) is 11.4. The van der Waals surface area contributed by atoms with E-state index in [0.717, 1.165) is 18.0 Å². The third-order valence-electron chi connectivity index (χ3n) is 4.23. The van der Waals surface area contributed by atoms with E-state index in [4.69, 9.17) is 0 Å². The first-order chi connectivity index (χ1) is 7.53. The highest BCUT2D eigenvalue weighted by molar-refractivity contribution is 4.99. The molecule has 0 aromatic carbocycles. The van der Waals surface area contributed by atoms with E-state index in [1.54, 1.807) is 0 Å². The molecule has 2 rings (SSSR count). The topological polar surface area (TPSA) is 15.3 Å². The molecule has 1 saturated carbocycles. The maximum absolute atomic E-state index is 3.72. The number of nitrogens with one attached hydrogen (secondary N) is 1. The van der Waals surface area contributed by atoms with E-state index < -0.39 is 0 Å². The van der Waals surface area contributed by atoms with Gasteiger partial charge in [-0.3, -0.25) is 4.90 Å². The molecule has 0 spiro atoms. The Morgan fingerprint density at radius 1 is 1.38 bits per heavy atom. The van der Waals surface area contributed by atoms with E-state index in [1.807, 2.05) is 0 Å². The lowest BCUT2D eigenvalue weighted by Gasteiger charge is -2.47. The Morgan fingerprint density at radius 2 is 2.06 bits per heavy atom. The summed E-state index contributed by atoms with van der Waals surface area (Å²) >= 11 is 0. The zero-order valence-electron chi connectivity index (χ0n) is 11.4. The Labute approximate surface area is 101 Å². The largest absolute Gasteiger partial charge is 0.309 e. The molecule has 1 saturated heterocycles. The van der Waals surface area contributed by atoms with Crippen molar-refractivity contribution in [3.63, 3.8) is 0 Å². The van der Waals surface area contributed by atoms with E-state index in [-0.39, 0.29) is 0 Å². The molecule has 0 amide bonds. The maximum atomic E-state index is 3.72. The minimum absolute atomic E-state index is 0.299. The Morgan fingerprint density at radius 3 is 2.62 bits per heavy atom. The third kappa shape index (κ3) is 2.78. The van der Waals surface area contributed by atoms with Crippen LogP contribution in [0, 0.1) is 5.92 Å². The van der Waals surface area contributed by atoms with Gasteiger partial charge >= 0.3 is 0 Å².